The van der Waals surface area contributed by atoms with Gasteiger partial charge in [0, 0.05) is 24.5 Å². The Morgan fingerprint density at radius 1 is 1.35 bits per heavy atom. The molecule has 1 aliphatic rings. The highest BCUT2D eigenvalue weighted by Gasteiger charge is 2.43. The highest BCUT2D eigenvalue weighted by atomic mass is 35.5. The van der Waals surface area contributed by atoms with Crippen molar-refractivity contribution in [1.29, 1.82) is 0 Å². The molecule has 0 saturated carbocycles. The first kappa shape index (κ1) is 17.3. The summed E-state index contributed by atoms with van der Waals surface area (Å²) in [4.78, 5) is 8.37. The lowest BCUT2D eigenvalue weighted by Gasteiger charge is -2.22. The van der Waals surface area contributed by atoms with Crippen molar-refractivity contribution in [1.82, 2.24) is 19.4 Å². The lowest BCUT2D eigenvalue weighted by atomic mass is 10.2. The van der Waals surface area contributed by atoms with Gasteiger partial charge in [-0.2, -0.15) is 9.29 Å². The molecule has 0 bridgehead atoms. The van der Waals surface area contributed by atoms with Crippen LogP contribution >= 0.6 is 11.6 Å². The van der Waals surface area contributed by atoms with Crippen LogP contribution in [0.15, 0.2) is 39.9 Å². The Hall–Kier alpha value is -2.07. The molecule has 1 saturated heterocycles. The number of β-amino-alcohol motifs (C(OH)–C–C–N with tert-alkyl or cyclic N) is 1. The number of aliphatic hydroxyl groups is 1. The van der Waals surface area contributed by atoms with Crippen molar-refractivity contribution in [2.24, 2.45) is 0 Å². The monoisotopic (exact) mass is 394 g/mol. The van der Waals surface area contributed by atoms with Gasteiger partial charge in [0.2, 0.25) is 15.9 Å². The minimum Gasteiger partial charge on any atom is -0.392 e. The number of aryl methyl sites for hydroxylation is 1. The third-order valence-electron chi connectivity index (χ3n) is 4.33. The van der Waals surface area contributed by atoms with Gasteiger partial charge < -0.3 is 9.63 Å². The van der Waals surface area contributed by atoms with Crippen molar-refractivity contribution in [3.63, 3.8) is 0 Å². The fourth-order valence-corrected chi connectivity index (χ4v) is 5.21. The van der Waals surface area contributed by atoms with Crippen molar-refractivity contribution in [3.8, 4) is 0 Å². The third kappa shape index (κ3) is 2.77. The molecule has 4 rings (SSSR count). The zero-order valence-electron chi connectivity index (χ0n) is 13.7. The number of halogens is 1. The predicted octanol–water partition coefficient (Wildman–Crippen LogP) is 2.08. The van der Waals surface area contributed by atoms with Crippen LogP contribution in [0.4, 0.5) is 0 Å². The van der Waals surface area contributed by atoms with E-state index in [1.54, 1.807) is 25.3 Å². The Labute approximate surface area is 154 Å². The van der Waals surface area contributed by atoms with Crippen LogP contribution in [-0.2, 0) is 10.0 Å². The molecule has 2 aromatic heterocycles. The average Bonchev–Trinajstić information content (AvgIpc) is 3.21. The van der Waals surface area contributed by atoms with Crippen molar-refractivity contribution < 1.29 is 18.0 Å². The molecule has 1 N–H and O–H groups in total. The molecule has 1 fully saturated rings. The summed E-state index contributed by atoms with van der Waals surface area (Å²) in [6.45, 7) is 1.59. The van der Waals surface area contributed by atoms with Gasteiger partial charge in [0.25, 0.3) is 0 Å². The molecule has 8 nitrogen and oxygen atoms in total. The smallest absolute Gasteiger partial charge is 0.245 e. The van der Waals surface area contributed by atoms with Crippen LogP contribution in [0, 0.1) is 6.92 Å². The van der Waals surface area contributed by atoms with Gasteiger partial charge in [-0.15, -0.1) is 0 Å². The Morgan fingerprint density at radius 2 is 2.15 bits per heavy atom. The van der Waals surface area contributed by atoms with Gasteiger partial charge in [0.15, 0.2) is 5.82 Å². The van der Waals surface area contributed by atoms with E-state index < -0.39 is 22.2 Å². The summed E-state index contributed by atoms with van der Waals surface area (Å²) in [6, 6.07) is 5.53. The second-order valence-corrected chi connectivity index (χ2v) is 8.37. The lowest BCUT2D eigenvalue weighted by Crippen LogP contribution is -2.32. The Kier molecular flexibility index (Phi) is 4.19. The molecule has 136 valence electrons. The van der Waals surface area contributed by atoms with E-state index in [2.05, 4.69) is 15.1 Å². The van der Waals surface area contributed by atoms with E-state index in [-0.39, 0.29) is 23.8 Å². The number of aromatic nitrogens is 3. The third-order valence-corrected chi connectivity index (χ3v) is 6.57. The topological polar surface area (TPSA) is 109 Å². The van der Waals surface area contributed by atoms with Crippen LogP contribution in [0.3, 0.4) is 0 Å². The maximum absolute atomic E-state index is 13.3. The SMILES string of the molecule is Cc1noc([C@H]2C[C@H](O)CN2S(=O)(=O)c2ccc(Cl)c3ncccc23)n1. The van der Waals surface area contributed by atoms with E-state index in [1.165, 1.54) is 16.4 Å². The van der Waals surface area contributed by atoms with Gasteiger partial charge >= 0.3 is 0 Å². The van der Waals surface area contributed by atoms with E-state index in [4.69, 9.17) is 16.1 Å². The van der Waals surface area contributed by atoms with E-state index in [9.17, 15) is 13.5 Å². The summed E-state index contributed by atoms with van der Waals surface area (Å²) in [5.41, 5.74) is 0.403. The number of aliphatic hydroxyl groups excluding tert-OH is 1. The molecule has 10 heteroatoms. The first-order valence-electron chi connectivity index (χ1n) is 7.91. The first-order valence-corrected chi connectivity index (χ1v) is 9.73. The highest BCUT2D eigenvalue weighted by Crippen LogP contribution is 2.38. The van der Waals surface area contributed by atoms with Crippen molar-refractivity contribution in [2.45, 2.75) is 30.4 Å². The molecule has 0 unspecified atom stereocenters. The molecule has 3 heterocycles. The van der Waals surface area contributed by atoms with Crippen molar-refractivity contribution in [2.75, 3.05) is 6.54 Å². The van der Waals surface area contributed by atoms with Crippen molar-refractivity contribution in [3.05, 3.63) is 47.2 Å². The molecule has 0 spiro atoms. The first-order chi connectivity index (χ1) is 12.4. The minimum absolute atomic E-state index is 0.0567. The quantitative estimate of drug-likeness (QED) is 0.724. The van der Waals surface area contributed by atoms with Crippen molar-refractivity contribution >= 4 is 32.5 Å². The summed E-state index contributed by atoms with van der Waals surface area (Å²) >= 11 is 6.15. The number of hydrogen-bond acceptors (Lipinski definition) is 7. The zero-order chi connectivity index (χ0) is 18.5. The number of sulfonamides is 1. The molecule has 26 heavy (non-hydrogen) atoms. The maximum atomic E-state index is 13.3. The van der Waals surface area contributed by atoms with Crippen LogP contribution in [-0.4, -0.2) is 45.6 Å². The molecule has 3 aromatic rings. The van der Waals surface area contributed by atoms with Gasteiger partial charge in [-0.1, -0.05) is 16.8 Å². The van der Waals surface area contributed by atoms with Gasteiger partial charge in [-0.3, -0.25) is 4.98 Å². The number of fused-ring (bicyclic) bond motifs is 1. The Morgan fingerprint density at radius 3 is 2.88 bits per heavy atom. The van der Waals surface area contributed by atoms with Gasteiger partial charge in [0.05, 0.1) is 21.5 Å². The summed E-state index contributed by atoms with van der Waals surface area (Å²) in [6.07, 6.45) is 0.914. The van der Waals surface area contributed by atoms with Crippen LogP contribution in [0.25, 0.3) is 10.9 Å². The van der Waals surface area contributed by atoms with Crippen LogP contribution in [0.1, 0.15) is 24.2 Å². The maximum Gasteiger partial charge on any atom is 0.245 e. The average molecular weight is 395 g/mol. The molecule has 0 amide bonds. The second kappa shape index (κ2) is 6.27. The lowest BCUT2D eigenvalue weighted by molar-refractivity contribution is 0.188. The van der Waals surface area contributed by atoms with E-state index in [0.29, 0.717) is 21.7 Å². The second-order valence-electron chi connectivity index (χ2n) is 6.10. The van der Waals surface area contributed by atoms with Crippen LogP contribution < -0.4 is 0 Å². The van der Waals surface area contributed by atoms with E-state index >= 15 is 0 Å². The Balaban J connectivity index is 1.85. The molecular weight excluding hydrogens is 380 g/mol. The van der Waals surface area contributed by atoms with Gasteiger partial charge in [-0.05, 0) is 31.2 Å². The molecule has 0 aliphatic carbocycles. The van der Waals surface area contributed by atoms with Gasteiger partial charge in [0.1, 0.15) is 6.04 Å². The molecule has 1 aromatic carbocycles. The summed E-state index contributed by atoms with van der Waals surface area (Å²) in [5.74, 6) is 0.568. The molecule has 2 atom stereocenters. The summed E-state index contributed by atoms with van der Waals surface area (Å²) in [5, 5.41) is 14.6. The molecular formula is C16H15ClN4O4S. The number of rotatable bonds is 3. The van der Waals surface area contributed by atoms with Crippen LogP contribution in [0.2, 0.25) is 5.02 Å². The largest absolute Gasteiger partial charge is 0.392 e. The number of pyridine rings is 1. The molecule has 0 radical (unpaired) electrons. The fourth-order valence-electron chi connectivity index (χ4n) is 3.19. The normalized spacial score (nSPS) is 21.5. The number of hydrogen-bond donors (Lipinski definition) is 1. The number of nitrogens with zero attached hydrogens (tertiary/aromatic N) is 4. The predicted molar refractivity (Wildman–Crippen MR) is 93.0 cm³/mol. The summed E-state index contributed by atoms with van der Waals surface area (Å²) < 4.78 is 33.0. The molecule has 1 aliphatic heterocycles. The Bertz CT molecular complexity index is 1080. The number of benzene rings is 1. The minimum atomic E-state index is -3.96. The fraction of sp³-hybridized carbons (Fsp3) is 0.312. The van der Waals surface area contributed by atoms with E-state index in [1.807, 2.05) is 0 Å². The summed E-state index contributed by atoms with van der Waals surface area (Å²) in [7, 11) is -3.96. The van der Waals surface area contributed by atoms with E-state index in [0.717, 1.165) is 0 Å². The van der Waals surface area contributed by atoms with Gasteiger partial charge in [-0.25, -0.2) is 8.42 Å². The van der Waals surface area contributed by atoms with Crippen LogP contribution in [0.5, 0.6) is 0 Å². The standard InChI is InChI=1S/C16H15ClN4O4S/c1-9-19-16(25-20-9)13-7-10(22)8-21(13)26(23,24)14-5-4-12(17)15-11(14)3-2-6-18-15/h2-6,10,13,22H,7-8H2,1H3/t10-,13+/m0/s1. The highest BCUT2D eigenvalue weighted by molar-refractivity contribution is 7.89. The zero-order valence-corrected chi connectivity index (χ0v) is 15.3.